The molecule has 0 saturated heterocycles. The van der Waals surface area contributed by atoms with E-state index in [0.29, 0.717) is 11.7 Å². The zero-order chi connectivity index (χ0) is 13.1. The van der Waals surface area contributed by atoms with Gasteiger partial charge in [0, 0.05) is 6.54 Å². The molecule has 0 bridgehead atoms. The summed E-state index contributed by atoms with van der Waals surface area (Å²) in [6.45, 7) is 7.85. The summed E-state index contributed by atoms with van der Waals surface area (Å²) in [6.07, 6.45) is 1.07. The molecule has 1 aromatic carbocycles. The Labute approximate surface area is 105 Å². The molecule has 0 saturated carbocycles. The van der Waals surface area contributed by atoms with Gasteiger partial charge >= 0.3 is 0 Å². The highest BCUT2D eigenvalue weighted by atomic mass is 16.3. The second kappa shape index (κ2) is 5.54. The van der Waals surface area contributed by atoms with Gasteiger partial charge in [-0.3, -0.25) is 0 Å². The van der Waals surface area contributed by atoms with E-state index in [4.69, 9.17) is 0 Å². The van der Waals surface area contributed by atoms with Crippen molar-refractivity contribution in [1.29, 1.82) is 0 Å². The number of hydrogen-bond donors (Lipinski definition) is 1. The first-order valence-corrected chi connectivity index (χ1v) is 6.34. The molecule has 0 aliphatic heterocycles. The molecule has 0 radical (unpaired) electrons. The number of phenolic OH excluding ortho intramolecular Hbond substituents is 1. The fraction of sp³-hybridized carbons (Fsp3) is 0.600. The molecule has 1 aromatic rings. The summed E-state index contributed by atoms with van der Waals surface area (Å²) in [6, 6.07) is 7.68. The van der Waals surface area contributed by atoms with Gasteiger partial charge in [-0.2, -0.15) is 0 Å². The van der Waals surface area contributed by atoms with Crippen molar-refractivity contribution in [1.82, 2.24) is 4.90 Å². The topological polar surface area (TPSA) is 23.5 Å². The molecule has 96 valence electrons. The van der Waals surface area contributed by atoms with Crippen LogP contribution in [0.25, 0.3) is 0 Å². The third-order valence-corrected chi connectivity index (χ3v) is 3.97. The van der Waals surface area contributed by atoms with Crippen molar-refractivity contribution >= 4 is 0 Å². The van der Waals surface area contributed by atoms with Gasteiger partial charge < -0.3 is 10.0 Å². The predicted octanol–water partition coefficient (Wildman–Crippen LogP) is 3.26. The number of hydrogen-bond acceptors (Lipinski definition) is 2. The van der Waals surface area contributed by atoms with Crippen molar-refractivity contribution in [3.05, 3.63) is 29.8 Å². The summed E-state index contributed by atoms with van der Waals surface area (Å²) in [5.41, 5.74) is 1.34. The highest BCUT2D eigenvalue weighted by Crippen LogP contribution is 2.36. The van der Waals surface area contributed by atoms with Gasteiger partial charge in [-0.1, -0.05) is 32.9 Å². The van der Waals surface area contributed by atoms with Crippen molar-refractivity contribution < 1.29 is 5.11 Å². The maximum atomic E-state index is 9.63. The molecular weight excluding hydrogens is 210 g/mol. The van der Waals surface area contributed by atoms with E-state index in [9.17, 15) is 5.11 Å². The van der Waals surface area contributed by atoms with Crippen molar-refractivity contribution in [2.45, 2.75) is 32.6 Å². The quantitative estimate of drug-likeness (QED) is 0.846. The summed E-state index contributed by atoms with van der Waals surface area (Å²) in [7, 11) is 4.21. The van der Waals surface area contributed by atoms with E-state index in [-0.39, 0.29) is 5.41 Å². The van der Waals surface area contributed by atoms with Crippen LogP contribution in [0.2, 0.25) is 0 Å². The Bertz CT molecular complexity index is 362. The van der Waals surface area contributed by atoms with E-state index in [1.54, 1.807) is 6.07 Å². The highest BCUT2D eigenvalue weighted by molar-refractivity contribution is 5.33. The summed E-state index contributed by atoms with van der Waals surface area (Å²) in [5.74, 6) is 0.906. The van der Waals surface area contributed by atoms with Gasteiger partial charge in [-0.05, 0) is 49.5 Å². The van der Waals surface area contributed by atoms with Crippen molar-refractivity contribution in [2.75, 3.05) is 20.6 Å². The van der Waals surface area contributed by atoms with E-state index in [1.807, 2.05) is 12.1 Å². The number of benzene rings is 1. The second-order valence-corrected chi connectivity index (χ2v) is 5.48. The first-order chi connectivity index (χ1) is 7.90. The molecule has 0 amide bonds. The Morgan fingerprint density at radius 3 is 2.47 bits per heavy atom. The summed E-state index contributed by atoms with van der Waals surface area (Å²) >= 11 is 0. The van der Waals surface area contributed by atoms with Crippen LogP contribution in [0, 0.1) is 5.92 Å². The maximum Gasteiger partial charge on any atom is 0.115 e. The fourth-order valence-corrected chi connectivity index (χ4v) is 2.45. The minimum Gasteiger partial charge on any atom is -0.508 e. The zero-order valence-electron chi connectivity index (χ0n) is 11.7. The first-order valence-electron chi connectivity index (χ1n) is 6.34. The lowest BCUT2D eigenvalue weighted by atomic mass is 9.70. The van der Waals surface area contributed by atoms with Crippen LogP contribution in [-0.2, 0) is 5.41 Å². The molecule has 1 N–H and O–H groups in total. The largest absolute Gasteiger partial charge is 0.508 e. The fourth-order valence-electron chi connectivity index (χ4n) is 2.45. The van der Waals surface area contributed by atoms with Crippen molar-refractivity contribution in [3.63, 3.8) is 0 Å². The third-order valence-electron chi connectivity index (χ3n) is 3.97. The maximum absolute atomic E-state index is 9.63. The van der Waals surface area contributed by atoms with Gasteiger partial charge in [0.2, 0.25) is 0 Å². The smallest absolute Gasteiger partial charge is 0.115 e. The molecule has 0 fully saturated rings. The van der Waals surface area contributed by atoms with Crippen LogP contribution < -0.4 is 0 Å². The molecule has 0 heterocycles. The Kier molecular flexibility index (Phi) is 4.58. The van der Waals surface area contributed by atoms with Crippen LogP contribution >= 0.6 is 0 Å². The standard InChI is InChI=1S/C15H25NO/c1-6-15(3,12(2)11-16(4)5)13-8-7-9-14(17)10-13/h7-10,12,17H,6,11H2,1-5H3. The minimum atomic E-state index is 0.114. The summed E-state index contributed by atoms with van der Waals surface area (Å²) in [4.78, 5) is 2.22. The third kappa shape index (κ3) is 3.22. The van der Waals surface area contributed by atoms with Gasteiger partial charge in [0.1, 0.15) is 5.75 Å². The van der Waals surface area contributed by atoms with E-state index < -0.39 is 0 Å². The normalized spacial score (nSPS) is 16.8. The van der Waals surface area contributed by atoms with E-state index in [2.05, 4.69) is 45.8 Å². The van der Waals surface area contributed by atoms with E-state index in [0.717, 1.165) is 13.0 Å². The number of phenols is 1. The van der Waals surface area contributed by atoms with Crippen molar-refractivity contribution in [2.24, 2.45) is 5.92 Å². The number of aromatic hydroxyl groups is 1. The molecule has 1 rings (SSSR count). The molecular formula is C15H25NO. The second-order valence-electron chi connectivity index (χ2n) is 5.48. The molecule has 0 aliphatic rings. The number of rotatable bonds is 5. The van der Waals surface area contributed by atoms with Crippen LogP contribution in [-0.4, -0.2) is 30.6 Å². The lowest BCUT2D eigenvalue weighted by Crippen LogP contribution is -2.36. The average Bonchev–Trinajstić information content (AvgIpc) is 2.27. The van der Waals surface area contributed by atoms with Gasteiger partial charge in [0.05, 0.1) is 0 Å². The summed E-state index contributed by atoms with van der Waals surface area (Å²) < 4.78 is 0. The molecule has 0 aromatic heterocycles. The lowest BCUT2D eigenvalue weighted by Gasteiger charge is -2.37. The lowest BCUT2D eigenvalue weighted by molar-refractivity contribution is 0.230. The van der Waals surface area contributed by atoms with Gasteiger partial charge in [0.25, 0.3) is 0 Å². The van der Waals surface area contributed by atoms with Crippen LogP contribution in [0.3, 0.4) is 0 Å². The predicted molar refractivity (Wildman–Crippen MR) is 73.5 cm³/mol. The Morgan fingerprint density at radius 1 is 1.35 bits per heavy atom. The Balaban J connectivity index is 3.02. The molecule has 2 nitrogen and oxygen atoms in total. The molecule has 2 unspecified atom stereocenters. The highest BCUT2D eigenvalue weighted by Gasteiger charge is 2.31. The van der Waals surface area contributed by atoms with E-state index >= 15 is 0 Å². The SMILES string of the molecule is CCC(C)(c1cccc(O)c1)C(C)CN(C)C. The van der Waals surface area contributed by atoms with Crippen molar-refractivity contribution in [3.8, 4) is 5.75 Å². The van der Waals surface area contributed by atoms with Gasteiger partial charge in [-0.25, -0.2) is 0 Å². The minimum absolute atomic E-state index is 0.114. The van der Waals surface area contributed by atoms with Gasteiger partial charge in [0.15, 0.2) is 0 Å². The zero-order valence-corrected chi connectivity index (χ0v) is 11.7. The van der Waals surface area contributed by atoms with Crippen LogP contribution in [0.15, 0.2) is 24.3 Å². The van der Waals surface area contributed by atoms with Gasteiger partial charge in [-0.15, -0.1) is 0 Å². The molecule has 2 heteroatoms. The summed E-state index contributed by atoms with van der Waals surface area (Å²) in [5, 5.41) is 9.63. The Hall–Kier alpha value is -1.02. The van der Waals surface area contributed by atoms with E-state index in [1.165, 1.54) is 5.56 Å². The molecule has 17 heavy (non-hydrogen) atoms. The molecule has 0 spiro atoms. The van der Waals surface area contributed by atoms with Crippen LogP contribution in [0.4, 0.5) is 0 Å². The molecule has 2 atom stereocenters. The first kappa shape index (κ1) is 14.0. The van der Waals surface area contributed by atoms with Crippen LogP contribution in [0.1, 0.15) is 32.8 Å². The molecule has 0 aliphatic carbocycles. The van der Waals surface area contributed by atoms with Crippen LogP contribution in [0.5, 0.6) is 5.75 Å². The number of nitrogens with zero attached hydrogens (tertiary/aromatic N) is 1. The Morgan fingerprint density at radius 2 is 2.00 bits per heavy atom. The average molecular weight is 235 g/mol. The monoisotopic (exact) mass is 235 g/mol.